The van der Waals surface area contributed by atoms with Crippen LogP contribution in [0, 0.1) is 27.7 Å². The van der Waals surface area contributed by atoms with E-state index in [1.54, 1.807) is 6.07 Å². The summed E-state index contributed by atoms with van der Waals surface area (Å²) in [6, 6.07) is 21.0. The lowest BCUT2D eigenvalue weighted by Crippen LogP contribution is -2.04. The predicted octanol–water partition coefficient (Wildman–Crippen LogP) is 9.71. The van der Waals surface area contributed by atoms with E-state index >= 15 is 0 Å². The van der Waals surface area contributed by atoms with Gasteiger partial charge in [0.1, 0.15) is 0 Å². The zero-order valence-electron chi connectivity index (χ0n) is 19.5. The largest absolute Gasteiger partial charge is 0.416 e. The standard InChI is InChI=1S/C31H23F3/c1-16-11-24-25-12-17(2)19(4)14-28(25)30-23-10-9-20(31(32,33)34)15-26(23)21-7-5-6-8-22(21)29(30)27(24)13-18(16)3/h5-15H,1-4H3. The normalized spacial score (nSPS) is 12.6. The summed E-state index contributed by atoms with van der Waals surface area (Å²) in [7, 11) is 0. The Morgan fingerprint density at radius 1 is 0.441 bits per heavy atom. The van der Waals surface area contributed by atoms with Crippen molar-refractivity contribution in [3.8, 4) is 0 Å². The number of rotatable bonds is 0. The van der Waals surface area contributed by atoms with Crippen molar-refractivity contribution >= 4 is 53.9 Å². The van der Waals surface area contributed by atoms with Crippen molar-refractivity contribution < 1.29 is 13.2 Å². The first-order valence-electron chi connectivity index (χ1n) is 11.4. The molecule has 0 saturated heterocycles. The number of hydrogen-bond donors (Lipinski definition) is 0. The number of halogens is 3. The first-order valence-corrected chi connectivity index (χ1v) is 11.4. The molecule has 0 bridgehead atoms. The Balaban J connectivity index is 2.02. The Morgan fingerprint density at radius 3 is 1.35 bits per heavy atom. The molecule has 0 fully saturated rings. The van der Waals surface area contributed by atoms with E-state index in [-0.39, 0.29) is 0 Å². The second-order valence-corrected chi connectivity index (χ2v) is 9.52. The molecule has 0 aliphatic heterocycles. The molecule has 0 saturated carbocycles. The first-order chi connectivity index (χ1) is 16.1. The molecule has 0 atom stereocenters. The maximum Gasteiger partial charge on any atom is 0.416 e. The molecule has 0 N–H and O–H groups in total. The van der Waals surface area contributed by atoms with Crippen LogP contribution in [0.25, 0.3) is 53.9 Å². The third-order valence-corrected chi connectivity index (χ3v) is 7.45. The van der Waals surface area contributed by atoms with E-state index in [2.05, 4.69) is 52.0 Å². The molecule has 0 aliphatic carbocycles. The fourth-order valence-electron chi connectivity index (χ4n) is 5.42. The van der Waals surface area contributed by atoms with E-state index in [1.807, 2.05) is 24.3 Å². The quantitative estimate of drug-likeness (QED) is 0.201. The zero-order chi connectivity index (χ0) is 23.9. The molecule has 0 nitrogen and oxygen atoms in total. The highest BCUT2D eigenvalue weighted by Crippen LogP contribution is 2.46. The molecule has 168 valence electrons. The Hall–Kier alpha value is -3.59. The van der Waals surface area contributed by atoms with Gasteiger partial charge in [-0.25, -0.2) is 0 Å². The van der Waals surface area contributed by atoms with Crippen LogP contribution in [0.1, 0.15) is 27.8 Å². The van der Waals surface area contributed by atoms with Gasteiger partial charge >= 0.3 is 6.18 Å². The van der Waals surface area contributed by atoms with Gasteiger partial charge in [-0.2, -0.15) is 13.2 Å². The molecule has 0 unspecified atom stereocenters. The van der Waals surface area contributed by atoms with Crippen LogP contribution >= 0.6 is 0 Å². The lowest BCUT2D eigenvalue weighted by atomic mass is 9.85. The highest BCUT2D eigenvalue weighted by Gasteiger charge is 2.31. The topological polar surface area (TPSA) is 0 Å². The Labute approximate surface area is 195 Å². The molecule has 0 heterocycles. The van der Waals surface area contributed by atoms with Crippen molar-refractivity contribution in [2.45, 2.75) is 33.9 Å². The average Bonchev–Trinajstić information content (AvgIpc) is 2.80. The molecule has 3 heteroatoms. The van der Waals surface area contributed by atoms with Crippen molar-refractivity contribution in [1.82, 2.24) is 0 Å². The van der Waals surface area contributed by atoms with Gasteiger partial charge < -0.3 is 0 Å². The van der Waals surface area contributed by atoms with Gasteiger partial charge in [0.25, 0.3) is 0 Å². The van der Waals surface area contributed by atoms with Crippen molar-refractivity contribution in [3.05, 3.63) is 94.5 Å². The minimum absolute atomic E-state index is 0.618. The average molecular weight is 453 g/mol. The van der Waals surface area contributed by atoms with Gasteiger partial charge in [0.15, 0.2) is 0 Å². The molecule has 6 aromatic carbocycles. The second kappa shape index (κ2) is 6.96. The van der Waals surface area contributed by atoms with E-state index in [1.165, 1.54) is 39.8 Å². The van der Waals surface area contributed by atoms with Gasteiger partial charge in [-0.3, -0.25) is 0 Å². The first kappa shape index (κ1) is 21.0. The minimum atomic E-state index is -4.39. The van der Waals surface area contributed by atoms with E-state index < -0.39 is 11.7 Å². The molecule has 0 radical (unpaired) electrons. The fourth-order valence-corrected chi connectivity index (χ4v) is 5.42. The van der Waals surface area contributed by atoms with Crippen LogP contribution in [0.4, 0.5) is 13.2 Å². The molecule has 6 aromatic rings. The zero-order valence-corrected chi connectivity index (χ0v) is 19.5. The highest BCUT2D eigenvalue weighted by molar-refractivity contribution is 6.39. The van der Waals surface area contributed by atoms with Crippen LogP contribution in [0.5, 0.6) is 0 Å². The summed E-state index contributed by atoms with van der Waals surface area (Å²) < 4.78 is 41.0. The van der Waals surface area contributed by atoms with Crippen LogP contribution in [-0.2, 0) is 6.18 Å². The SMILES string of the molecule is Cc1cc2c3cc(C)c(C)cc3c3c4ccc(C(F)(F)F)cc4c4ccccc4c3c2cc1C. The van der Waals surface area contributed by atoms with Crippen LogP contribution < -0.4 is 0 Å². The monoisotopic (exact) mass is 452 g/mol. The Bertz CT molecular complexity index is 1820. The molecule has 0 amide bonds. The third-order valence-electron chi connectivity index (χ3n) is 7.45. The summed E-state index contributed by atoms with van der Waals surface area (Å²) in [6.07, 6.45) is -4.39. The number of hydrogen-bond acceptors (Lipinski definition) is 0. The van der Waals surface area contributed by atoms with Gasteiger partial charge in [-0.1, -0.05) is 54.6 Å². The summed E-state index contributed by atoms with van der Waals surface area (Å²) in [5.41, 5.74) is 4.19. The minimum Gasteiger partial charge on any atom is -0.166 e. The number of benzene rings is 6. The van der Waals surface area contributed by atoms with Crippen LogP contribution in [0.3, 0.4) is 0 Å². The van der Waals surface area contributed by atoms with E-state index in [4.69, 9.17) is 0 Å². The Morgan fingerprint density at radius 2 is 0.853 bits per heavy atom. The smallest absolute Gasteiger partial charge is 0.166 e. The maximum absolute atomic E-state index is 13.7. The summed E-state index contributed by atoms with van der Waals surface area (Å²) in [6.45, 7) is 8.45. The van der Waals surface area contributed by atoms with Gasteiger partial charge in [0.05, 0.1) is 5.56 Å². The fraction of sp³-hybridized carbons (Fsp3) is 0.161. The van der Waals surface area contributed by atoms with E-state index in [0.717, 1.165) is 43.1 Å². The summed E-state index contributed by atoms with van der Waals surface area (Å²) in [5, 5.41) is 10.0. The third kappa shape index (κ3) is 2.86. The molecule has 0 aromatic heterocycles. The van der Waals surface area contributed by atoms with Crippen molar-refractivity contribution in [3.63, 3.8) is 0 Å². The van der Waals surface area contributed by atoms with Crippen LogP contribution in [-0.4, -0.2) is 0 Å². The van der Waals surface area contributed by atoms with Gasteiger partial charge in [-0.15, -0.1) is 0 Å². The highest BCUT2D eigenvalue weighted by atomic mass is 19.4. The lowest BCUT2D eigenvalue weighted by molar-refractivity contribution is -0.137. The molecule has 0 aliphatic rings. The summed E-state index contributed by atoms with van der Waals surface area (Å²) in [5.74, 6) is 0. The molecular weight excluding hydrogens is 429 g/mol. The number of aryl methyl sites for hydroxylation is 4. The molecular formula is C31H23F3. The van der Waals surface area contributed by atoms with Gasteiger partial charge in [0.2, 0.25) is 0 Å². The van der Waals surface area contributed by atoms with Crippen molar-refractivity contribution in [2.75, 3.05) is 0 Å². The summed E-state index contributed by atoms with van der Waals surface area (Å²) in [4.78, 5) is 0. The van der Waals surface area contributed by atoms with E-state index in [0.29, 0.717) is 5.39 Å². The van der Waals surface area contributed by atoms with Crippen molar-refractivity contribution in [2.24, 2.45) is 0 Å². The van der Waals surface area contributed by atoms with Crippen LogP contribution in [0.2, 0.25) is 0 Å². The molecule has 0 spiro atoms. The predicted molar refractivity (Wildman–Crippen MR) is 138 cm³/mol. The van der Waals surface area contributed by atoms with E-state index in [9.17, 15) is 13.2 Å². The molecule has 34 heavy (non-hydrogen) atoms. The Kier molecular flexibility index (Phi) is 4.29. The van der Waals surface area contributed by atoms with Gasteiger partial charge in [0, 0.05) is 0 Å². The number of fused-ring (bicyclic) bond motifs is 11. The summed E-state index contributed by atoms with van der Waals surface area (Å²) >= 11 is 0. The number of alkyl halides is 3. The second-order valence-electron chi connectivity index (χ2n) is 9.52. The van der Waals surface area contributed by atoms with Crippen LogP contribution in [0.15, 0.2) is 66.7 Å². The maximum atomic E-state index is 13.7. The lowest BCUT2D eigenvalue weighted by Gasteiger charge is -2.19. The molecule has 6 rings (SSSR count). The van der Waals surface area contributed by atoms with Crippen molar-refractivity contribution in [1.29, 1.82) is 0 Å². The van der Waals surface area contributed by atoms with Gasteiger partial charge in [-0.05, 0) is 116 Å².